The lowest BCUT2D eigenvalue weighted by Crippen LogP contribution is -2.31. The maximum atomic E-state index is 12.9. The molecule has 0 radical (unpaired) electrons. The Kier molecular flexibility index (Phi) is 4.51. The van der Waals surface area contributed by atoms with Crippen LogP contribution in [0.2, 0.25) is 0 Å². The normalized spacial score (nSPS) is 15.7. The molecule has 1 saturated carbocycles. The first-order valence-electron chi connectivity index (χ1n) is 7.71. The van der Waals surface area contributed by atoms with Crippen LogP contribution >= 0.6 is 0 Å². The highest BCUT2D eigenvalue weighted by molar-refractivity contribution is 5.78. The molecule has 5 heteroatoms. The molecule has 1 aromatic heterocycles. The van der Waals surface area contributed by atoms with Crippen LogP contribution in [0.25, 0.3) is 11.3 Å². The summed E-state index contributed by atoms with van der Waals surface area (Å²) in [7, 11) is 0. The van der Waals surface area contributed by atoms with Crippen LogP contribution in [0.5, 0.6) is 0 Å². The molecule has 0 aliphatic heterocycles. The molecule has 1 aromatic carbocycles. The second-order valence-corrected chi connectivity index (χ2v) is 5.74. The third-order valence-corrected chi connectivity index (χ3v) is 4.11. The molecule has 0 atom stereocenters. The fourth-order valence-electron chi connectivity index (χ4n) is 2.83. The zero-order valence-corrected chi connectivity index (χ0v) is 12.3. The van der Waals surface area contributed by atoms with Gasteiger partial charge >= 0.3 is 0 Å². The van der Waals surface area contributed by atoms with Gasteiger partial charge in [-0.05, 0) is 37.1 Å². The van der Waals surface area contributed by atoms with Crippen molar-refractivity contribution in [3.63, 3.8) is 0 Å². The SMILES string of the molecule is O=C(NCc1cc(-c2ccc(F)cc2)on1)C1CCCCC1. The highest BCUT2D eigenvalue weighted by atomic mass is 19.1. The summed E-state index contributed by atoms with van der Waals surface area (Å²) < 4.78 is 18.1. The van der Waals surface area contributed by atoms with Gasteiger partial charge in [-0.2, -0.15) is 0 Å². The zero-order valence-electron chi connectivity index (χ0n) is 12.3. The molecule has 3 rings (SSSR count). The molecule has 1 amide bonds. The first-order chi connectivity index (χ1) is 10.7. The lowest BCUT2D eigenvalue weighted by Gasteiger charge is -2.20. The Labute approximate surface area is 128 Å². The number of amides is 1. The highest BCUT2D eigenvalue weighted by Gasteiger charge is 2.21. The van der Waals surface area contributed by atoms with Gasteiger partial charge in [0, 0.05) is 17.5 Å². The fourth-order valence-corrected chi connectivity index (χ4v) is 2.83. The van der Waals surface area contributed by atoms with Gasteiger partial charge in [0.05, 0.1) is 6.54 Å². The number of carbonyl (C=O) groups excluding carboxylic acids is 1. The number of aromatic nitrogens is 1. The fraction of sp³-hybridized carbons (Fsp3) is 0.412. The molecule has 1 heterocycles. The van der Waals surface area contributed by atoms with Crippen LogP contribution in [-0.4, -0.2) is 11.1 Å². The van der Waals surface area contributed by atoms with Crippen LogP contribution in [-0.2, 0) is 11.3 Å². The van der Waals surface area contributed by atoms with E-state index < -0.39 is 0 Å². The van der Waals surface area contributed by atoms with E-state index in [1.54, 1.807) is 18.2 Å². The number of hydrogen-bond donors (Lipinski definition) is 1. The van der Waals surface area contributed by atoms with E-state index in [2.05, 4.69) is 10.5 Å². The predicted molar refractivity (Wildman–Crippen MR) is 80.3 cm³/mol. The van der Waals surface area contributed by atoms with Gasteiger partial charge in [-0.25, -0.2) is 4.39 Å². The van der Waals surface area contributed by atoms with Crippen LogP contribution in [0.15, 0.2) is 34.9 Å². The predicted octanol–water partition coefficient (Wildman–Crippen LogP) is 3.68. The van der Waals surface area contributed by atoms with Crippen molar-refractivity contribution in [2.24, 2.45) is 5.92 Å². The molecule has 0 bridgehead atoms. The van der Waals surface area contributed by atoms with Gasteiger partial charge in [0.1, 0.15) is 11.5 Å². The summed E-state index contributed by atoms with van der Waals surface area (Å²) in [6.07, 6.45) is 5.46. The summed E-state index contributed by atoms with van der Waals surface area (Å²) in [6, 6.07) is 7.81. The summed E-state index contributed by atoms with van der Waals surface area (Å²) in [5.41, 5.74) is 1.43. The maximum Gasteiger partial charge on any atom is 0.223 e. The van der Waals surface area contributed by atoms with E-state index >= 15 is 0 Å². The van der Waals surface area contributed by atoms with Gasteiger partial charge in [-0.15, -0.1) is 0 Å². The molecule has 0 unspecified atom stereocenters. The minimum atomic E-state index is -0.289. The maximum absolute atomic E-state index is 12.9. The molecular formula is C17H19FN2O2. The monoisotopic (exact) mass is 302 g/mol. The average Bonchev–Trinajstić information content (AvgIpc) is 3.03. The van der Waals surface area contributed by atoms with E-state index in [0.717, 1.165) is 31.2 Å². The summed E-state index contributed by atoms with van der Waals surface area (Å²) in [5, 5.41) is 6.87. The molecule has 2 aromatic rings. The molecule has 0 saturated heterocycles. The number of nitrogens with one attached hydrogen (secondary N) is 1. The summed E-state index contributed by atoms with van der Waals surface area (Å²) in [4.78, 5) is 12.1. The van der Waals surface area contributed by atoms with Crippen molar-refractivity contribution < 1.29 is 13.7 Å². The Hall–Kier alpha value is -2.17. The Morgan fingerprint density at radius 1 is 1.23 bits per heavy atom. The molecule has 1 aliphatic rings. The Bertz CT molecular complexity index is 630. The number of carbonyl (C=O) groups is 1. The first-order valence-corrected chi connectivity index (χ1v) is 7.71. The van der Waals surface area contributed by atoms with Crippen LogP contribution < -0.4 is 5.32 Å². The third-order valence-electron chi connectivity index (χ3n) is 4.11. The molecule has 1 fully saturated rings. The van der Waals surface area contributed by atoms with Gasteiger partial charge in [0.25, 0.3) is 0 Å². The molecule has 1 aliphatic carbocycles. The lowest BCUT2D eigenvalue weighted by atomic mass is 9.89. The number of nitrogens with zero attached hydrogens (tertiary/aromatic N) is 1. The first kappa shape index (κ1) is 14.8. The minimum Gasteiger partial charge on any atom is -0.356 e. The van der Waals surface area contributed by atoms with Crippen molar-refractivity contribution in [1.82, 2.24) is 10.5 Å². The number of rotatable bonds is 4. The van der Waals surface area contributed by atoms with E-state index in [9.17, 15) is 9.18 Å². The number of halogens is 1. The number of hydrogen-bond acceptors (Lipinski definition) is 3. The standard InChI is InChI=1S/C17H19FN2O2/c18-14-8-6-12(7-9-14)16-10-15(20-22-16)11-19-17(21)13-4-2-1-3-5-13/h6-10,13H,1-5,11H2,(H,19,21). The quantitative estimate of drug-likeness (QED) is 0.937. The van der Waals surface area contributed by atoms with Crippen LogP contribution in [0.3, 0.4) is 0 Å². The number of benzene rings is 1. The largest absolute Gasteiger partial charge is 0.356 e. The molecule has 22 heavy (non-hydrogen) atoms. The second kappa shape index (κ2) is 6.73. The van der Waals surface area contributed by atoms with Crippen LogP contribution in [0, 0.1) is 11.7 Å². The molecule has 0 spiro atoms. The van der Waals surface area contributed by atoms with E-state index in [0.29, 0.717) is 18.0 Å². The van der Waals surface area contributed by atoms with E-state index in [1.807, 2.05) is 0 Å². The van der Waals surface area contributed by atoms with Crippen LogP contribution in [0.4, 0.5) is 4.39 Å². The smallest absolute Gasteiger partial charge is 0.223 e. The van der Waals surface area contributed by atoms with E-state index in [1.165, 1.54) is 18.6 Å². The molecule has 4 nitrogen and oxygen atoms in total. The lowest BCUT2D eigenvalue weighted by molar-refractivity contribution is -0.126. The minimum absolute atomic E-state index is 0.103. The summed E-state index contributed by atoms with van der Waals surface area (Å²) >= 11 is 0. The van der Waals surface area contributed by atoms with Crippen molar-refractivity contribution in [1.29, 1.82) is 0 Å². The topological polar surface area (TPSA) is 55.1 Å². The van der Waals surface area contributed by atoms with Gasteiger partial charge in [0.15, 0.2) is 5.76 Å². The van der Waals surface area contributed by atoms with Crippen molar-refractivity contribution in [3.8, 4) is 11.3 Å². The molecular weight excluding hydrogens is 283 g/mol. The van der Waals surface area contributed by atoms with E-state index in [4.69, 9.17) is 4.52 Å². The van der Waals surface area contributed by atoms with Crippen molar-refractivity contribution in [2.45, 2.75) is 38.6 Å². The van der Waals surface area contributed by atoms with Gasteiger partial charge < -0.3 is 9.84 Å². The highest BCUT2D eigenvalue weighted by Crippen LogP contribution is 2.24. The molecule has 1 N–H and O–H groups in total. The average molecular weight is 302 g/mol. The zero-order chi connectivity index (χ0) is 15.4. The second-order valence-electron chi connectivity index (χ2n) is 5.74. The van der Waals surface area contributed by atoms with Gasteiger partial charge in [-0.1, -0.05) is 24.4 Å². The Balaban J connectivity index is 1.57. The summed E-state index contributed by atoms with van der Waals surface area (Å²) in [5.74, 6) is 0.522. The third kappa shape index (κ3) is 3.53. The van der Waals surface area contributed by atoms with Crippen molar-refractivity contribution in [3.05, 3.63) is 41.8 Å². The van der Waals surface area contributed by atoms with Crippen molar-refractivity contribution in [2.75, 3.05) is 0 Å². The van der Waals surface area contributed by atoms with Gasteiger partial charge in [0.2, 0.25) is 5.91 Å². The van der Waals surface area contributed by atoms with Crippen LogP contribution in [0.1, 0.15) is 37.8 Å². The van der Waals surface area contributed by atoms with Gasteiger partial charge in [-0.3, -0.25) is 4.79 Å². The Morgan fingerprint density at radius 2 is 1.95 bits per heavy atom. The van der Waals surface area contributed by atoms with E-state index in [-0.39, 0.29) is 17.6 Å². The Morgan fingerprint density at radius 3 is 2.68 bits per heavy atom. The van der Waals surface area contributed by atoms with Crippen molar-refractivity contribution >= 4 is 5.91 Å². The molecule has 116 valence electrons. The summed E-state index contributed by atoms with van der Waals surface area (Å²) in [6.45, 7) is 0.361.